The van der Waals surface area contributed by atoms with Gasteiger partial charge in [0, 0.05) is 8.99 Å². The lowest BCUT2D eigenvalue weighted by Gasteiger charge is -2.38. The van der Waals surface area contributed by atoms with Gasteiger partial charge in [-0.25, -0.2) is 0 Å². The summed E-state index contributed by atoms with van der Waals surface area (Å²) >= 11 is 8.34. The maximum Gasteiger partial charge on any atom is 0.411 e. The molecular weight excluding hydrogens is 769 g/mol. The minimum atomic E-state index is -5.81. The molecule has 0 bridgehead atoms. The highest BCUT2D eigenvalue weighted by Crippen LogP contribution is 2.56. The van der Waals surface area contributed by atoms with Crippen molar-refractivity contribution in [2.75, 3.05) is 0 Å². The maximum absolute atomic E-state index is 14.8. The molecule has 0 saturated carbocycles. The highest BCUT2D eigenvalue weighted by atomic mass is 127. The number of rotatable bonds is 10. The highest BCUT2D eigenvalue weighted by Gasteiger charge is 2.72. The van der Waals surface area contributed by atoms with Gasteiger partial charge in [-0.05, 0) is 72.9 Å². The van der Waals surface area contributed by atoms with Crippen molar-refractivity contribution in [2.45, 2.75) is 60.9 Å². The van der Waals surface area contributed by atoms with Crippen LogP contribution in [0.15, 0.2) is 84.9 Å². The molecule has 0 aliphatic carbocycles. The summed E-state index contributed by atoms with van der Waals surface area (Å²) in [7, 11) is 0. The second-order valence-corrected chi connectivity index (χ2v) is 13.9. The fourth-order valence-corrected chi connectivity index (χ4v) is 6.15. The summed E-state index contributed by atoms with van der Waals surface area (Å²) in [6, 6.07) is 20.8. The van der Waals surface area contributed by atoms with Crippen LogP contribution in [-0.2, 0) is 8.84 Å². The maximum atomic E-state index is 14.8. The highest BCUT2D eigenvalue weighted by molar-refractivity contribution is 14.1. The lowest BCUT2D eigenvalue weighted by Crippen LogP contribution is -2.54. The fraction of sp³-hybridized carbons (Fsp3) is 0.278. The molecule has 0 aliphatic heterocycles. The number of nitriles is 2. The summed E-state index contributed by atoms with van der Waals surface area (Å²) in [4.78, 5) is 0. The molecule has 0 aromatic heterocycles. The lowest BCUT2D eigenvalue weighted by molar-refractivity contribution is -0.288. The number of alkyl halides is 7. The van der Waals surface area contributed by atoms with E-state index in [9.17, 15) is 36.9 Å². The number of nitrogens with zero attached hydrogens (tertiary/aromatic N) is 2. The van der Waals surface area contributed by atoms with Crippen molar-refractivity contribution in [2.24, 2.45) is 0 Å². The van der Waals surface area contributed by atoms with Gasteiger partial charge in [-0.1, -0.05) is 96.6 Å². The predicted octanol–water partition coefficient (Wildman–Crippen LogP) is 11.9. The van der Waals surface area contributed by atoms with Crippen LogP contribution in [0, 0.1) is 22.7 Å². The van der Waals surface area contributed by atoms with Crippen LogP contribution >= 0.6 is 34.2 Å². The summed E-state index contributed by atoms with van der Waals surface area (Å²) in [6.07, 6.45) is -11.3. The minimum Gasteiger partial charge on any atom is -0.486 e. The summed E-state index contributed by atoms with van der Waals surface area (Å²) in [5.74, 6) is 0.0692. The van der Waals surface area contributed by atoms with Crippen LogP contribution in [0.2, 0.25) is 5.02 Å². The normalized spacial score (nSPS) is 13.9. The Morgan fingerprint density at radius 2 is 1.27 bits per heavy atom. The Morgan fingerprint density at radius 1 is 0.750 bits per heavy atom. The lowest BCUT2D eigenvalue weighted by atomic mass is 9.73. The van der Waals surface area contributed by atoms with Crippen LogP contribution in [0.1, 0.15) is 73.1 Å². The molecule has 4 aromatic rings. The van der Waals surface area contributed by atoms with Crippen LogP contribution in [-0.4, -0.2) is 12.4 Å². The van der Waals surface area contributed by atoms with Gasteiger partial charge in [0.25, 0.3) is 0 Å². The first-order chi connectivity index (χ1) is 22.5. The third-order valence-electron chi connectivity index (χ3n) is 8.17. The molecule has 0 fully saturated rings. The Bertz CT molecular complexity index is 1830. The van der Waals surface area contributed by atoms with Crippen molar-refractivity contribution in [3.63, 3.8) is 0 Å². The summed E-state index contributed by atoms with van der Waals surface area (Å²) in [5, 5.41) is 19.6. The Labute approximate surface area is 293 Å². The SMILES string of the molecule is CCC(Oc1ccc(C(c2ccc(Oc3cccc(C(C)(I)CC)c3C#N)cc2)(C(F)(F)F)C(F)(F)F)cc1)c1cccc(Cl)c1C#N. The zero-order chi connectivity index (χ0) is 35.5. The average Bonchev–Trinajstić information content (AvgIpc) is 3.03. The van der Waals surface area contributed by atoms with E-state index < -0.39 is 38.4 Å². The van der Waals surface area contributed by atoms with E-state index in [1.165, 1.54) is 12.1 Å². The van der Waals surface area contributed by atoms with Crippen LogP contribution < -0.4 is 9.47 Å². The quantitative estimate of drug-likeness (QED) is 0.0911. The van der Waals surface area contributed by atoms with Crippen molar-refractivity contribution in [1.82, 2.24) is 0 Å². The molecule has 2 unspecified atom stereocenters. The van der Waals surface area contributed by atoms with Gasteiger partial charge in [0.05, 0.1) is 16.1 Å². The zero-order valence-electron chi connectivity index (χ0n) is 25.8. The molecule has 12 heteroatoms. The molecule has 0 radical (unpaired) electrons. The van der Waals surface area contributed by atoms with Crippen molar-refractivity contribution in [3.8, 4) is 29.4 Å². The van der Waals surface area contributed by atoms with Gasteiger partial charge in [-0.3, -0.25) is 0 Å². The van der Waals surface area contributed by atoms with Gasteiger partial charge < -0.3 is 9.47 Å². The van der Waals surface area contributed by atoms with E-state index >= 15 is 0 Å². The van der Waals surface area contributed by atoms with Gasteiger partial charge in [0.1, 0.15) is 35.5 Å². The monoisotopic (exact) mass is 796 g/mol. The first-order valence-corrected chi connectivity index (χ1v) is 16.1. The first-order valence-electron chi connectivity index (χ1n) is 14.7. The van der Waals surface area contributed by atoms with Gasteiger partial charge in [0.2, 0.25) is 5.41 Å². The standard InChI is InChI=1S/C36H28ClF6IN2O2/c1-4-31(26-8-6-10-30(37)27(26)20-45)47-24-16-12-22(13-17-24)34(35(38,39)40,36(41,42)43)23-14-18-25(19-15-23)48-32-11-7-9-29(28(32)21-46)33(3,44)5-2/h6-19,31H,4-5H2,1-3H3. The molecule has 4 nitrogen and oxygen atoms in total. The second kappa shape index (κ2) is 14.3. The Balaban J connectivity index is 1.73. The van der Waals surface area contributed by atoms with Crippen molar-refractivity contribution >= 4 is 34.2 Å². The summed E-state index contributed by atoms with van der Waals surface area (Å²) < 4.78 is 100. The largest absolute Gasteiger partial charge is 0.486 e. The van der Waals surface area contributed by atoms with Crippen LogP contribution in [0.5, 0.6) is 17.2 Å². The molecule has 0 saturated heterocycles. The molecule has 0 heterocycles. The smallest absolute Gasteiger partial charge is 0.411 e. The van der Waals surface area contributed by atoms with Crippen molar-refractivity contribution < 1.29 is 35.8 Å². The van der Waals surface area contributed by atoms with Gasteiger partial charge in [-0.2, -0.15) is 36.9 Å². The number of ether oxygens (including phenoxy) is 2. The third-order valence-corrected chi connectivity index (χ3v) is 9.83. The van der Waals surface area contributed by atoms with Gasteiger partial charge in [0.15, 0.2) is 0 Å². The average molecular weight is 797 g/mol. The predicted molar refractivity (Wildman–Crippen MR) is 178 cm³/mol. The van der Waals surface area contributed by atoms with E-state index in [2.05, 4.69) is 28.7 Å². The molecule has 4 aromatic carbocycles. The zero-order valence-corrected chi connectivity index (χ0v) is 28.7. The van der Waals surface area contributed by atoms with E-state index in [0.29, 0.717) is 24.0 Å². The number of hydrogen-bond donors (Lipinski definition) is 0. The van der Waals surface area contributed by atoms with Crippen molar-refractivity contribution in [3.05, 3.63) is 123 Å². The van der Waals surface area contributed by atoms with Gasteiger partial charge in [-0.15, -0.1) is 0 Å². The molecule has 0 N–H and O–H groups in total. The molecule has 250 valence electrons. The van der Waals surface area contributed by atoms with E-state index in [-0.39, 0.29) is 33.4 Å². The van der Waals surface area contributed by atoms with Crippen LogP contribution in [0.3, 0.4) is 0 Å². The molecule has 0 spiro atoms. The topological polar surface area (TPSA) is 66.0 Å². The molecule has 48 heavy (non-hydrogen) atoms. The Morgan fingerprint density at radius 3 is 1.75 bits per heavy atom. The number of hydrogen-bond acceptors (Lipinski definition) is 4. The molecule has 0 aliphatic rings. The van der Waals surface area contributed by atoms with E-state index in [1.54, 1.807) is 31.2 Å². The van der Waals surface area contributed by atoms with E-state index in [0.717, 1.165) is 48.5 Å². The second-order valence-electron chi connectivity index (χ2n) is 11.1. The summed E-state index contributed by atoms with van der Waals surface area (Å²) in [6.45, 7) is 5.62. The fourth-order valence-electron chi connectivity index (χ4n) is 5.48. The minimum absolute atomic E-state index is 0.00216. The molecule has 0 amide bonds. The Kier molecular flexibility index (Phi) is 11.0. The first kappa shape index (κ1) is 36.9. The van der Waals surface area contributed by atoms with Crippen LogP contribution in [0.25, 0.3) is 0 Å². The van der Waals surface area contributed by atoms with Crippen LogP contribution in [0.4, 0.5) is 26.3 Å². The van der Waals surface area contributed by atoms with Crippen molar-refractivity contribution in [1.29, 1.82) is 10.5 Å². The molecular formula is C36H28ClF6IN2O2. The molecule has 2 atom stereocenters. The summed E-state index contributed by atoms with van der Waals surface area (Å²) in [5.41, 5.74) is -5.06. The number of benzene rings is 4. The van der Waals surface area contributed by atoms with Gasteiger partial charge >= 0.3 is 12.4 Å². The van der Waals surface area contributed by atoms with E-state index in [4.69, 9.17) is 21.1 Å². The number of halogens is 8. The third kappa shape index (κ3) is 6.94. The Hall–Kier alpha value is -3.94. The molecule has 4 rings (SSSR count). The van der Waals surface area contributed by atoms with E-state index in [1.807, 2.05) is 19.9 Å².